The Morgan fingerprint density at radius 2 is 1.94 bits per heavy atom. The molecule has 4 rings (SSSR count). The molecule has 1 aliphatic rings. The highest BCUT2D eigenvalue weighted by Crippen LogP contribution is 2.47. The average molecular weight is 476 g/mol. The molecule has 0 bridgehead atoms. The van der Waals surface area contributed by atoms with E-state index < -0.39 is 10.6 Å². The summed E-state index contributed by atoms with van der Waals surface area (Å²) in [4.78, 5) is 15.8. The average Bonchev–Trinajstić information content (AvgIpc) is 3.24. The Hall–Kier alpha value is -1.57. The van der Waals surface area contributed by atoms with Gasteiger partial charge in [-0.05, 0) is 53.5 Å². The molecule has 2 aromatic carbocycles. The Morgan fingerprint density at radius 3 is 2.55 bits per heavy atom. The summed E-state index contributed by atoms with van der Waals surface area (Å²) in [6, 6.07) is 13.8. The van der Waals surface area contributed by atoms with Gasteiger partial charge in [-0.25, -0.2) is 0 Å². The summed E-state index contributed by atoms with van der Waals surface area (Å²) in [6.07, 6.45) is 0.458. The van der Waals surface area contributed by atoms with Gasteiger partial charge in [0.15, 0.2) is 0 Å². The van der Waals surface area contributed by atoms with Crippen molar-refractivity contribution in [1.82, 2.24) is 4.90 Å². The van der Waals surface area contributed by atoms with Gasteiger partial charge < -0.3 is 24.6 Å². The molecule has 166 valence electrons. The number of benzene rings is 2. The van der Waals surface area contributed by atoms with E-state index in [9.17, 15) is 13.9 Å². The molecule has 0 saturated carbocycles. The van der Waals surface area contributed by atoms with Gasteiger partial charge in [-0.2, -0.15) is 0 Å². The molecule has 0 spiro atoms. The molecule has 1 unspecified atom stereocenters. The van der Waals surface area contributed by atoms with Gasteiger partial charge in [-0.15, -0.1) is 11.3 Å². The molecule has 31 heavy (non-hydrogen) atoms. The fourth-order valence-corrected chi connectivity index (χ4v) is 7.33. The largest absolute Gasteiger partial charge is 0.800 e. The Morgan fingerprint density at radius 1 is 1.23 bits per heavy atom. The van der Waals surface area contributed by atoms with Crippen molar-refractivity contribution in [2.45, 2.75) is 45.7 Å². The van der Waals surface area contributed by atoms with Crippen LogP contribution in [0.1, 0.15) is 52.5 Å². The number of carbonyl (C=O) groups is 1. The van der Waals surface area contributed by atoms with Crippen molar-refractivity contribution in [2.75, 3.05) is 11.5 Å². The summed E-state index contributed by atoms with van der Waals surface area (Å²) in [5.74, 6) is 0.351. The zero-order chi connectivity index (χ0) is 22.3. The van der Waals surface area contributed by atoms with E-state index in [1.54, 1.807) is 4.90 Å². The lowest BCUT2D eigenvalue weighted by Crippen LogP contribution is -2.40. The van der Waals surface area contributed by atoms with Crippen LogP contribution in [0, 0.1) is 6.92 Å². The lowest BCUT2D eigenvalue weighted by atomic mass is 10.0. The van der Waals surface area contributed by atoms with Crippen LogP contribution in [0.15, 0.2) is 42.5 Å². The number of hydrogen-bond acceptors (Lipinski definition) is 4. The molecule has 2 heterocycles. The van der Waals surface area contributed by atoms with Crippen molar-refractivity contribution >= 4 is 49.5 Å². The third-order valence-electron chi connectivity index (χ3n) is 5.89. The topological polar surface area (TPSA) is 66.4 Å². The van der Waals surface area contributed by atoms with Crippen molar-refractivity contribution in [2.24, 2.45) is 0 Å². The second kappa shape index (κ2) is 8.75. The summed E-state index contributed by atoms with van der Waals surface area (Å²) >= 11 is 7.99. The monoisotopic (exact) mass is 475 g/mol. The van der Waals surface area contributed by atoms with Gasteiger partial charge in [-0.3, -0.25) is 4.79 Å². The van der Waals surface area contributed by atoms with E-state index in [-0.39, 0.29) is 23.5 Å². The Balaban J connectivity index is 1.68. The number of rotatable bonds is 5. The molecule has 1 aromatic heterocycles. The van der Waals surface area contributed by atoms with Crippen LogP contribution in [-0.4, -0.2) is 37.5 Å². The van der Waals surface area contributed by atoms with Gasteiger partial charge in [0.05, 0.1) is 5.02 Å². The van der Waals surface area contributed by atoms with E-state index in [1.807, 2.05) is 37.3 Å². The van der Waals surface area contributed by atoms with Crippen molar-refractivity contribution < 1.29 is 13.9 Å². The van der Waals surface area contributed by atoms with Crippen LogP contribution in [-0.2, 0) is 6.54 Å². The predicted molar refractivity (Wildman–Crippen MR) is 129 cm³/mol. The van der Waals surface area contributed by atoms with E-state index in [4.69, 9.17) is 11.6 Å². The summed E-state index contributed by atoms with van der Waals surface area (Å²) in [7, 11) is -3.13. The number of halogens is 1. The van der Waals surface area contributed by atoms with Crippen molar-refractivity contribution in [1.29, 1.82) is 0 Å². The fraction of sp³-hybridized carbons (Fsp3) is 0.375. The third kappa shape index (κ3) is 4.78. The van der Waals surface area contributed by atoms with Crippen LogP contribution in [0.3, 0.4) is 0 Å². The normalized spacial score (nSPS) is 19.1. The van der Waals surface area contributed by atoms with Crippen LogP contribution >= 0.6 is 33.5 Å². The second-order valence-corrected chi connectivity index (χ2v) is 12.3. The van der Waals surface area contributed by atoms with Gasteiger partial charge in [0.2, 0.25) is 0 Å². The van der Waals surface area contributed by atoms with Gasteiger partial charge in [0.25, 0.3) is 5.91 Å². The summed E-state index contributed by atoms with van der Waals surface area (Å²) in [5.41, 5.74) is 3.32. The second-order valence-electron chi connectivity index (χ2n) is 8.63. The number of carbonyl (C=O) groups excluding carboxylic acids is 1. The quantitative estimate of drug-likeness (QED) is 0.424. The maximum absolute atomic E-state index is 13.7. The molecular weight excluding hydrogens is 450 g/mol. The first-order valence-corrected chi connectivity index (χ1v) is 13.4. The molecule has 1 atom stereocenters. The molecule has 1 fully saturated rings. The zero-order valence-corrected chi connectivity index (χ0v) is 20.3. The number of thiophene rings is 1. The van der Waals surface area contributed by atoms with Gasteiger partial charge >= 0.3 is 0 Å². The minimum atomic E-state index is -3.13. The molecule has 3 aromatic rings. The molecule has 0 aliphatic carbocycles. The van der Waals surface area contributed by atoms with E-state index in [1.165, 1.54) is 16.9 Å². The molecule has 4 nitrogen and oxygen atoms in total. The smallest absolute Gasteiger partial charge is 0.266 e. The van der Waals surface area contributed by atoms with Crippen LogP contribution in [0.2, 0.25) is 5.02 Å². The van der Waals surface area contributed by atoms with Gasteiger partial charge in [0.1, 0.15) is 4.88 Å². The number of aryl methyl sites for hydroxylation is 1. The maximum Gasteiger partial charge on any atom is 0.266 e. The van der Waals surface area contributed by atoms with Crippen molar-refractivity contribution in [3.05, 3.63) is 69.1 Å². The number of amides is 1. The molecule has 1 amide bonds. The minimum Gasteiger partial charge on any atom is -0.800 e. The summed E-state index contributed by atoms with van der Waals surface area (Å²) in [5, 5.41) is 1.31. The van der Waals surface area contributed by atoms with E-state index in [0.717, 1.165) is 21.2 Å². The molecule has 1 aliphatic heterocycles. The third-order valence-corrected chi connectivity index (χ3v) is 9.28. The van der Waals surface area contributed by atoms with E-state index in [2.05, 4.69) is 26.0 Å². The highest BCUT2D eigenvalue weighted by atomic mass is 35.5. The number of hydrogen-bond donors (Lipinski definition) is 0. The first kappa shape index (κ1) is 22.6. The fourth-order valence-electron chi connectivity index (χ4n) is 4.03. The van der Waals surface area contributed by atoms with Crippen LogP contribution in [0.4, 0.5) is 0 Å². The Bertz CT molecular complexity index is 1110. The Labute approximate surface area is 194 Å². The van der Waals surface area contributed by atoms with Gasteiger partial charge in [0, 0.05) is 22.7 Å². The molecular formula is C24H26ClNO3S2-2. The van der Waals surface area contributed by atoms with E-state index >= 15 is 0 Å². The molecule has 7 heteroatoms. The summed E-state index contributed by atoms with van der Waals surface area (Å²) < 4.78 is 25.3. The van der Waals surface area contributed by atoms with Gasteiger partial charge in [-0.1, -0.05) is 61.8 Å². The van der Waals surface area contributed by atoms with E-state index in [0.29, 0.717) is 28.8 Å². The lowest BCUT2D eigenvalue weighted by molar-refractivity contribution is 0.0686. The van der Waals surface area contributed by atoms with Crippen LogP contribution in [0.25, 0.3) is 10.1 Å². The number of sulfone groups is 1. The number of fused-ring (bicyclic) bond motifs is 1. The van der Waals surface area contributed by atoms with Crippen molar-refractivity contribution in [3.63, 3.8) is 0 Å². The predicted octanol–water partition coefficient (Wildman–Crippen LogP) is 6.47. The van der Waals surface area contributed by atoms with Crippen LogP contribution in [0.5, 0.6) is 0 Å². The first-order chi connectivity index (χ1) is 14.6. The molecule has 1 saturated heterocycles. The standard InChI is InChI=1S/C24H28ClNO3S2/c1-15(2)18-7-5-17(6-8-18)13-26(19-10-11-31(28,29)14-19)24(27)23-22(25)20-9-4-16(3)12-21(20)30-23/h4-9,12,15,19,28-29H,10-11,13-14H2,1-3H3/p-2. The van der Waals surface area contributed by atoms with Crippen LogP contribution < -0.4 is 0 Å². The van der Waals surface area contributed by atoms with Crippen molar-refractivity contribution in [3.8, 4) is 0 Å². The Kier molecular flexibility index (Phi) is 6.39. The maximum atomic E-state index is 13.7. The highest BCUT2D eigenvalue weighted by molar-refractivity contribution is 8.24. The zero-order valence-electron chi connectivity index (χ0n) is 17.9. The first-order valence-electron chi connectivity index (χ1n) is 10.4. The minimum absolute atomic E-state index is 0.00440. The SMILES string of the molecule is Cc1ccc2c(Cl)c(C(=O)N(Cc3ccc(C(C)C)cc3)C3CCS([O-])([O-])C3)sc2c1. The highest BCUT2D eigenvalue weighted by Gasteiger charge is 2.31. The summed E-state index contributed by atoms with van der Waals surface area (Å²) in [6.45, 7) is 6.64. The number of nitrogens with zero attached hydrogens (tertiary/aromatic N) is 1. The lowest BCUT2D eigenvalue weighted by Gasteiger charge is -2.57. The molecule has 0 radical (unpaired) electrons. The molecule has 0 N–H and O–H groups in total.